The summed E-state index contributed by atoms with van der Waals surface area (Å²) in [6.07, 6.45) is 0.186. The van der Waals surface area contributed by atoms with Crippen molar-refractivity contribution in [1.29, 1.82) is 5.26 Å². The minimum Gasteiger partial charge on any atom is -0.358 e. The van der Waals surface area contributed by atoms with Crippen LogP contribution < -0.4 is 0 Å². The maximum absolute atomic E-state index is 10.3. The maximum Gasteiger partial charge on any atom is 0.364 e. The van der Waals surface area contributed by atoms with Crippen molar-refractivity contribution in [2.75, 3.05) is 0 Å². The van der Waals surface area contributed by atoms with Crippen LogP contribution in [0.4, 0.5) is 5.82 Å². The third-order valence-electron chi connectivity index (χ3n) is 1.37. The molecule has 1 aromatic heterocycles. The number of nitrogens with zero attached hydrogens (tertiary/aromatic N) is 3. The number of pyridine rings is 1. The Balaban J connectivity index is 3.07. The Morgan fingerprint density at radius 2 is 2.38 bits per heavy atom. The normalized spacial score (nSPS) is 9.23. The lowest BCUT2D eigenvalue weighted by Crippen LogP contribution is -1.94. The first-order valence-electron chi connectivity index (χ1n) is 3.32. The van der Waals surface area contributed by atoms with Gasteiger partial charge in [0, 0.05) is 27.6 Å². The molecule has 1 aromatic rings. The van der Waals surface area contributed by atoms with Crippen LogP contribution in [-0.2, 0) is 6.42 Å². The molecule has 0 saturated carbocycles. The average Bonchev–Trinajstić information content (AvgIpc) is 2.08. The zero-order valence-corrected chi connectivity index (χ0v) is 7.98. The molecule has 0 spiro atoms. The molecule has 0 atom stereocenters. The van der Waals surface area contributed by atoms with E-state index in [0.29, 0.717) is 10.2 Å². The molecule has 13 heavy (non-hydrogen) atoms. The minimum absolute atomic E-state index is 0.186. The first-order chi connectivity index (χ1) is 6.15. The summed E-state index contributed by atoms with van der Waals surface area (Å²) in [6, 6.07) is 4.72. The highest BCUT2D eigenvalue weighted by Crippen LogP contribution is 2.18. The fourth-order valence-corrected chi connectivity index (χ4v) is 1.23. The van der Waals surface area contributed by atoms with Gasteiger partial charge in [0.15, 0.2) is 0 Å². The molecule has 0 saturated heterocycles. The van der Waals surface area contributed by atoms with Gasteiger partial charge in [0.1, 0.15) is 0 Å². The van der Waals surface area contributed by atoms with Crippen LogP contribution in [0.1, 0.15) is 5.56 Å². The molecule has 1 heterocycles. The highest BCUT2D eigenvalue weighted by molar-refractivity contribution is 9.10. The van der Waals surface area contributed by atoms with E-state index in [1.54, 1.807) is 0 Å². The predicted molar refractivity (Wildman–Crippen MR) is 47.9 cm³/mol. The summed E-state index contributed by atoms with van der Waals surface area (Å²) in [5, 5.41) is 18.7. The van der Waals surface area contributed by atoms with Crippen molar-refractivity contribution in [3.63, 3.8) is 0 Å². The van der Waals surface area contributed by atoms with Gasteiger partial charge >= 0.3 is 5.82 Å². The summed E-state index contributed by atoms with van der Waals surface area (Å²) >= 11 is 3.05. The van der Waals surface area contributed by atoms with Gasteiger partial charge in [0.25, 0.3) is 0 Å². The first kappa shape index (κ1) is 9.61. The summed E-state index contributed by atoms with van der Waals surface area (Å²) < 4.78 is 0.350. The number of halogens is 1. The molecule has 0 bridgehead atoms. The lowest BCUT2D eigenvalue weighted by Gasteiger charge is -1.94. The van der Waals surface area contributed by atoms with Crippen molar-refractivity contribution in [2.45, 2.75) is 6.42 Å². The van der Waals surface area contributed by atoms with Crippen LogP contribution in [0.5, 0.6) is 0 Å². The highest BCUT2D eigenvalue weighted by atomic mass is 79.9. The topological polar surface area (TPSA) is 79.8 Å². The molecule has 0 N–H and O–H groups in total. The van der Waals surface area contributed by atoms with Gasteiger partial charge in [-0.2, -0.15) is 5.26 Å². The third-order valence-corrected chi connectivity index (χ3v) is 2.05. The van der Waals surface area contributed by atoms with Crippen molar-refractivity contribution in [1.82, 2.24) is 4.98 Å². The largest absolute Gasteiger partial charge is 0.364 e. The second-order valence-corrected chi connectivity index (χ2v) is 2.96. The second-order valence-electron chi connectivity index (χ2n) is 2.21. The second kappa shape index (κ2) is 3.96. The van der Waals surface area contributed by atoms with Gasteiger partial charge in [-0.1, -0.05) is 0 Å². The van der Waals surface area contributed by atoms with Gasteiger partial charge in [-0.25, -0.2) is 0 Å². The Hall–Kier alpha value is -1.48. The molecule has 0 aliphatic rings. The SMILES string of the molecule is N#CCc1ccc([N+](=O)[O-])nc1Br. The Bertz CT molecular complexity index is 386. The average molecular weight is 242 g/mol. The molecule has 0 aliphatic carbocycles. The molecule has 0 unspecified atom stereocenters. The molecule has 5 nitrogen and oxygen atoms in total. The minimum atomic E-state index is -0.582. The van der Waals surface area contributed by atoms with Crippen LogP contribution >= 0.6 is 15.9 Å². The predicted octanol–water partition coefficient (Wildman–Crippen LogP) is 1.82. The lowest BCUT2D eigenvalue weighted by molar-refractivity contribution is -0.389. The van der Waals surface area contributed by atoms with E-state index in [-0.39, 0.29) is 12.2 Å². The van der Waals surface area contributed by atoms with E-state index in [1.165, 1.54) is 12.1 Å². The van der Waals surface area contributed by atoms with Crippen LogP contribution in [0, 0.1) is 21.4 Å². The Morgan fingerprint density at radius 1 is 1.69 bits per heavy atom. The lowest BCUT2D eigenvalue weighted by atomic mass is 10.2. The molecule has 0 aromatic carbocycles. The number of hydrogen-bond donors (Lipinski definition) is 0. The van der Waals surface area contributed by atoms with E-state index in [4.69, 9.17) is 5.26 Å². The third kappa shape index (κ3) is 2.23. The van der Waals surface area contributed by atoms with Crippen molar-refractivity contribution >= 4 is 21.7 Å². The summed E-state index contributed by atoms with van der Waals surface area (Å²) in [7, 11) is 0. The molecule has 0 fully saturated rings. The van der Waals surface area contributed by atoms with E-state index in [9.17, 15) is 10.1 Å². The Kier molecular flexibility index (Phi) is 2.93. The summed E-state index contributed by atoms with van der Waals surface area (Å²) in [5.41, 5.74) is 0.646. The van der Waals surface area contributed by atoms with E-state index in [1.807, 2.05) is 6.07 Å². The van der Waals surface area contributed by atoms with Crippen LogP contribution in [-0.4, -0.2) is 9.91 Å². The molecule has 6 heteroatoms. The van der Waals surface area contributed by atoms with Crippen molar-refractivity contribution in [3.8, 4) is 6.07 Å². The number of nitro groups is 1. The highest BCUT2D eigenvalue weighted by Gasteiger charge is 2.12. The van der Waals surface area contributed by atoms with E-state index in [2.05, 4.69) is 20.9 Å². The molecular weight excluding hydrogens is 238 g/mol. The van der Waals surface area contributed by atoms with Gasteiger partial charge in [-0.05, 0) is 16.0 Å². The van der Waals surface area contributed by atoms with Crippen molar-refractivity contribution < 1.29 is 4.92 Å². The summed E-state index contributed by atoms with van der Waals surface area (Å²) in [5.74, 6) is -0.228. The number of hydrogen-bond acceptors (Lipinski definition) is 4. The van der Waals surface area contributed by atoms with Gasteiger partial charge < -0.3 is 10.1 Å². The number of rotatable bonds is 2. The van der Waals surface area contributed by atoms with E-state index in [0.717, 1.165) is 0 Å². The van der Waals surface area contributed by atoms with Gasteiger partial charge in [0.2, 0.25) is 4.60 Å². The van der Waals surface area contributed by atoms with Crippen LogP contribution in [0.3, 0.4) is 0 Å². The molecule has 0 aliphatic heterocycles. The monoisotopic (exact) mass is 241 g/mol. The zero-order chi connectivity index (χ0) is 9.84. The van der Waals surface area contributed by atoms with Gasteiger partial charge in [-0.3, -0.25) is 0 Å². The maximum atomic E-state index is 10.3. The smallest absolute Gasteiger partial charge is 0.358 e. The molecule has 0 amide bonds. The van der Waals surface area contributed by atoms with E-state index < -0.39 is 4.92 Å². The van der Waals surface area contributed by atoms with E-state index >= 15 is 0 Å². The van der Waals surface area contributed by atoms with Crippen molar-refractivity contribution in [2.24, 2.45) is 0 Å². The van der Waals surface area contributed by atoms with Crippen LogP contribution in [0.25, 0.3) is 0 Å². The Morgan fingerprint density at radius 3 is 2.85 bits per heavy atom. The fraction of sp³-hybridized carbons (Fsp3) is 0.143. The van der Waals surface area contributed by atoms with Crippen molar-refractivity contribution in [3.05, 3.63) is 32.4 Å². The quantitative estimate of drug-likeness (QED) is 0.450. The summed E-state index contributed by atoms with van der Waals surface area (Å²) in [4.78, 5) is 13.4. The number of nitriles is 1. The van der Waals surface area contributed by atoms with Gasteiger partial charge in [0.05, 0.1) is 12.5 Å². The first-order valence-corrected chi connectivity index (χ1v) is 4.11. The van der Waals surface area contributed by atoms with Crippen LogP contribution in [0.2, 0.25) is 0 Å². The number of aromatic nitrogens is 1. The summed E-state index contributed by atoms with van der Waals surface area (Å²) in [6.45, 7) is 0. The molecule has 0 radical (unpaired) electrons. The molecular formula is C7H4BrN3O2. The fourth-order valence-electron chi connectivity index (χ4n) is 0.772. The standard InChI is InChI=1S/C7H4BrN3O2/c8-7-5(3-4-9)1-2-6(10-7)11(12)13/h1-2H,3H2. The molecule has 1 rings (SSSR count). The van der Waals surface area contributed by atoms with Gasteiger partial charge in [-0.15, -0.1) is 0 Å². The molecule has 66 valence electrons. The Labute approximate surface area is 82.3 Å². The van der Waals surface area contributed by atoms with Crippen LogP contribution in [0.15, 0.2) is 16.7 Å². The zero-order valence-electron chi connectivity index (χ0n) is 6.40.